The molecule has 0 saturated carbocycles. The van der Waals surface area contributed by atoms with E-state index in [1.165, 1.54) is 0 Å². The van der Waals surface area contributed by atoms with E-state index in [9.17, 15) is 9.59 Å². The minimum atomic E-state index is -0.0472. The summed E-state index contributed by atoms with van der Waals surface area (Å²) in [5.41, 5.74) is 9.06. The molecule has 2 heterocycles. The molecule has 0 bridgehead atoms. The zero-order chi connectivity index (χ0) is 24.2. The number of nitrogens with zero attached hydrogens (tertiary/aromatic N) is 3. The number of nitrogens with two attached hydrogens (primary N) is 1. The predicted molar refractivity (Wildman–Crippen MR) is 133 cm³/mol. The lowest BCUT2D eigenvalue weighted by Crippen LogP contribution is -2.50. The number of ether oxygens (including phenoxy) is 1. The van der Waals surface area contributed by atoms with E-state index in [1.54, 1.807) is 53.3 Å². The molecule has 1 aromatic heterocycles. The number of carbonyl (C=O) groups excluding carboxylic acids is 2. The van der Waals surface area contributed by atoms with E-state index < -0.39 is 0 Å². The fourth-order valence-electron chi connectivity index (χ4n) is 3.74. The van der Waals surface area contributed by atoms with Crippen LogP contribution >= 0.6 is 23.2 Å². The van der Waals surface area contributed by atoms with Crippen molar-refractivity contribution >= 4 is 40.8 Å². The molecule has 176 valence electrons. The molecule has 0 aliphatic carbocycles. The van der Waals surface area contributed by atoms with Crippen molar-refractivity contribution in [1.82, 2.24) is 14.8 Å². The molecule has 1 fully saturated rings. The summed E-state index contributed by atoms with van der Waals surface area (Å²) in [7, 11) is 0. The van der Waals surface area contributed by atoms with Gasteiger partial charge < -0.3 is 20.3 Å². The Morgan fingerprint density at radius 1 is 0.971 bits per heavy atom. The van der Waals surface area contributed by atoms with Crippen LogP contribution in [0, 0.1) is 0 Å². The van der Waals surface area contributed by atoms with Crippen LogP contribution in [-0.2, 0) is 11.4 Å². The van der Waals surface area contributed by atoms with E-state index in [-0.39, 0.29) is 24.2 Å². The molecule has 1 aliphatic rings. The first-order valence-corrected chi connectivity index (χ1v) is 11.5. The van der Waals surface area contributed by atoms with Gasteiger partial charge in [-0.1, -0.05) is 41.4 Å². The topological polar surface area (TPSA) is 88.8 Å². The summed E-state index contributed by atoms with van der Waals surface area (Å²) < 4.78 is 5.87. The maximum atomic E-state index is 12.8. The molecular formula is C25H24Cl2N4O3. The smallest absolute Gasteiger partial charge is 0.253 e. The normalized spacial score (nSPS) is 13.6. The molecule has 2 amide bonds. The summed E-state index contributed by atoms with van der Waals surface area (Å²) in [4.78, 5) is 32.1. The third-order valence-electron chi connectivity index (χ3n) is 5.76. The van der Waals surface area contributed by atoms with Crippen LogP contribution in [0.15, 0.2) is 54.7 Å². The number of carbonyl (C=O) groups is 2. The number of piperazine rings is 1. The molecule has 0 unspecified atom stereocenters. The number of hydrogen-bond donors (Lipinski definition) is 1. The number of pyridine rings is 1. The Bertz CT molecular complexity index is 1210. The van der Waals surface area contributed by atoms with Gasteiger partial charge in [-0.2, -0.15) is 0 Å². The third-order valence-corrected chi connectivity index (χ3v) is 6.34. The first kappa shape index (κ1) is 23.9. The molecule has 0 spiro atoms. The average molecular weight is 499 g/mol. The molecule has 7 nitrogen and oxygen atoms in total. The summed E-state index contributed by atoms with van der Waals surface area (Å²) in [6.07, 6.45) is 1.66. The van der Waals surface area contributed by atoms with Crippen LogP contribution in [0.2, 0.25) is 10.0 Å². The van der Waals surface area contributed by atoms with Gasteiger partial charge in [-0.3, -0.25) is 9.59 Å². The van der Waals surface area contributed by atoms with Gasteiger partial charge in [0.25, 0.3) is 5.91 Å². The molecule has 9 heteroatoms. The lowest BCUT2D eigenvalue weighted by atomic mass is 10.0. The molecule has 34 heavy (non-hydrogen) atoms. The molecule has 3 aromatic rings. The number of hydrogen-bond acceptors (Lipinski definition) is 5. The van der Waals surface area contributed by atoms with Gasteiger partial charge in [-0.15, -0.1) is 0 Å². The monoisotopic (exact) mass is 498 g/mol. The summed E-state index contributed by atoms with van der Waals surface area (Å²) in [6, 6.07) is 14.3. The van der Waals surface area contributed by atoms with Gasteiger partial charge in [0.2, 0.25) is 5.91 Å². The van der Waals surface area contributed by atoms with Crippen LogP contribution in [-0.4, -0.2) is 52.8 Å². The number of amides is 2. The standard InChI is InChI=1S/C25H24Cl2N4O3/c1-16(32)30-8-10-31(11-9-30)25(33)18-4-2-17(3-5-18)20-12-23(24(28)29-14-20)34-15-19-6-7-21(26)13-22(19)27/h2-7,12-14H,8-11,15H2,1H3,(H2,28,29). The molecule has 2 aromatic carbocycles. The van der Waals surface area contributed by atoms with Crippen LogP contribution in [0.25, 0.3) is 11.1 Å². The van der Waals surface area contributed by atoms with Gasteiger partial charge >= 0.3 is 0 Å². The lowest BCUT2D eigenvalue weighted by molar-refractivity contribution is -0.130. The Hall–Kier alpha value is -3.29. The Morgan fingerprint density at radius 2 is 1.65 bits per heavy atom. The fraction of sp³-hybridized carbons (Fsp3) is 0.240. The zero-order valence-electron chi connectivity index (χ0n) is 18.6. The number of aromatic nitrogens is 1. The van der Waals surface area contributed by atoms with Gasteiger partial charge in [0.05, 0.1) is 0 Å². The fourth-order valence-corrected chi connectivity index (χ4v) is 4.20. The zero-order valence-corrected chi connectivity index (χ0v) is 20.1. The van der Waals surface area contributed by atoms with E-state index in [4.69, 9.17) is 33.7 Å². The lowest BCUT2D eigenvalue weighted by Gasteiger charge is -2.34. The van der Waals surface area contributed by atoms with Crippen molar-refractivity contribution in [3.63, 3.8) is 0 Å². The minimum Gasteiger partial charge on any atom is -0.485 e. The Morgan fingerprint density at radius 3 is 2.29 bits per heavy atom. The van der Waals surface area contributed by atoms with E-state index in [0.29, 0.717) is 47.5 Å². The highest BCUT2D eigenvalue weighted by Gasteiger charge is 2.23. The third kappa shape index (κ3) is 5.43. The molecular weight excluding hydrogens is 475 g/mol. The Balaban J connectivity index is 1.44. The van der Waals surface area contributed by atoms with Crippen molar-refractivity contribution in [1.29, 1.82) is 0 Å². The maximum Gasteiger partial charge on any atom is 0.253 e. The molecule has 4 rings (SSSR count). The van der Waals surface area contributed by atoms with Gasteiger partial charge in [-0.25, -0.2) is 4.98 Å². The highest BCUT2D eigenvalue weighted by molar-refractivity contribution is 6.35. The second-order valence-corrected chi connectivity index (χ2v) is 8.85. The number of benzene rings is 2. The van der Waals surface area contributed by atoms with Crippen LogP contribution in [0.1, 0.15) is 22.8 Å². The van der Waals surface area contributed by atoms with Crippen molar-refractivity contribution in [3.05, 3.63) is 75.9 Å². The molecule has 0 radical (unpaired) electrons. The van der Waals surface area contributed by atoms with Gasteiger partial charge in [0.15, 0.2) is 11.6 Å². The second-order valence-electron chi connectivity index (χ2n) is 8.01. The average Bonchev–Trinajstić information content (AvgIpc) is 2.84. The molecule has 1 aliphatic heterocycles. The summed E-state index contributed by atoms with van der Waals surface area (Å²) in [5, 5.41) is 1.07. The summed E-state index contributed by atoms with van der Waals surface area (Å²) >= 11 is 12.2. The van der Waals surface area contributed by atoms with Crippen molar-refractivity contribution in [2.24, 2.45) is 0 Å². The molecule has 2 N–H and O–H groups in total. The largest absolute Gasteiger partial charge is 0.485 e. The SMILES string of the molecule is CC(=O)N1CCN(C(=O)c2ccc(-c3cnc(N)c(OCc4ccc(Cl)cc4Cl)c3)cc2)CC1. The van der Waals surface area contributed by atoms with Crippen LogP contribution in [0.4, 0.5) is 5.82 Å². The van der Waals surface area contributed by atoms with Crippen molar-refractivity contribution in [3.8, 4) is 16.9 Å². The van der Waals surface area contributed by atoms with E-state index in [1.807, 2.05) is 18.2 Å². The highest BCUT2D eigenvalue weighted by Crippen LogP contribution is 2.29. The molecule has 1 saturated heterocycles. The van der Waals surface area contributed by atoms with Gasteiger partial charge in [0.1, 0.15) is 6.61 Å². The number of anilines is 1. The summed E-state index contributed by atoms with van der Waals surface area (Å²) in [5.74, 6) is 0.694. The van der Waals surface area contributed by atoms with Crippen LogP contribution in [0.3, 0.4) is 0 Å². The minimum absolute atomic E-state index is 0.0353. The van der Waals surface area contributed by atoms with Gasteiger partial charge in [-0.05, 0) is 35.9 Å². The number of nitrogen functional groups attached to an aromatic ring is 1. The molecule has 0 atom stereocenters. The Kier molecular flexibility index (Phi) is 7.24. The van der Waals surface area contributed by atoms with E-state index in [2.05, 4.69) is 4.98 Å². The predicted octanol–water partition coefficient (Wildman–Crippen LogP) is 4.52. The quantitative estimate of drug-likeness (QED) is 0.558. The summed E-state index contributed by atoms with van der Waals surface area (Å²) in [6.45, 7) is 3.93. The highest BCUT2D eigenvalue weighted by atomic mass is 35.5. The number of halogens is 2. The first-order valence-electron chi connectivity index (χ1n) is 10.8. The van der Waals surface area contributed by atoms with E-state index >= 15 is 0 Å². The van der Waals surface area contributed by atoms with E-state index in [0.717, 1.165) is 16.7 Å². The first-order chi connectivity index (χ1) is 16.3. The number of rotatable bonds is 5. The Labute approximate surface area is 208 Å². The van der Waals surface area contributed by atoms with Crippen LogP contribution in [0.5, 0.6) is 5.75 Å². The van der Waals surface area contributed by atoms with Crippen LogP contribution < -0.4 is 10.5 Å². The van der Waals surface area contributed by atoms with Crippen molar-refractivity contribution in [2.45, 2.75) is 13.5 Å². The maximum absolute atomic E-state index is 12.8. The van der Waals surface area contributed by atoms with Crippen molar-refractivity contribution < 1.29 is 14.3 Å². The second kappa shape index (κ2) is 10.3. The van der Waals surface area contributed by atoms with Gasteiger partial charge in [0, 0.05) is 66.0 Å². The van der Waals surface area contributed by atoms with Crippen molar-refractivity contribution in [2.75, 3.05) is 31.9 Å².